The predicted octanol–water partition coefficient (Wildman–Crippen LogP) is 5.42. The molecule has 0 aromatic heterocycles. The summed E-state index contributed by atoms with van der Waals surface area (Å²) in [5.41, 5.74) is 3.10. The molecule has 1 atom stereocenters. The lowest BCUT2D eigenvalue weighted by molar-refractivity contribution is 0.0775. The molecular weight excluding hydrogens is 503 g/mol. The second kappa shape index (κ2) is 15.1. The van der Waals surface area contributed by atoms with Crippen LogP contribution in [0.15, 0.2) is 78.9 Å². The quantitative estimate of drug-likeness (QED) is 0.362. The van der Waals surface area contributed by atoms with Gasteiger partial charge in [0.15, 0.2) is 0 Å². The van der Waals surface area contributed by atoms with Crippen LogP contribution in [0.25, 0.3) is 0 Å². The van der Waals surface area contributed by atoms with Crippen LogP contribution in [0.4, 0.5) is 14.5 Å². The molecular formula is C28H35Cl2F2N3O. The zero-order valence-electron chi connectivity index (χ0n) is 20.2. The zero-order chi connectivity index (χ0) is 23.8. The third-order valence-electron chi connectivity index (χ3n) is 6.53. The van der Waals surface area contributed by atoms with Crippen LogP contribution in [0.1, 0.15) is 23.5 Å². The van der Waals surface area contributed by atoms with E-state index in [2.05, 4.69) is 15.1 Å². The molecule has 3 aromatic rings. The molecule has 1 fully saturated rings. The number of halogens is 4. The Hall–Kier alpha value is -2.22. The molecule has 4 rings (SSSR count). The van der Waals surface area contributed by atoms with Gasteiger partial charge in [0.2, 0.25) is 0 Å². The van der Waals surface area contributed by atoms with E-state index >= 15 is 0 Å². The summed E-state index contributed by atoms with van der Waals surface area (Å²) in [5, 5.41) is 13.7. The molecule has 0 saturated carbocycles. The van der Waals surface area contributed by atoms with Gasteiger partial charge in [-0.15, -0.1) is 24.8 Å². The van der Waals surface area contributed by atoms with Crippen molar-refractivity contribution < 1.29 is 13.9 Å². The van der Waals surface area contributed by atoms with E-state index in [0.29, 0.717) is 13.1 Å². The average Bonchev–Trinajstić information content (AvgIpc) is 2.86. The first kappa shape index (κ1) is 30.0. The smallest absolute Gasteiger partial charge is 0.123 e. The van der Waals surface area contributed by atoms with E-state index in [1.807, 2.05) is 54.6 Å². The van der Waals surface area contributed by atoms with Crippen LogP contribution in [0.2, 0.25) is 0 Å². The zero-order valence-corrected chi connectivity index (χ0v) is 21.9. The van der Waals surface area contributed by atoms with Crippen molar-refractivity contribution in [2.45, 2.75) is 18.4 Å². The summed E-state index contributed by atoms with van der Waals surface area (Å²) < 4.78 is 26.9. The molecule has 3 aromatic carbocycles. The second-order valence-electron chi connectivity index (χ2n) is 8.99. The highest BCUT2D eigenvalue weighted by Crippen LogP contribution is 2.29. The minimum absolute atomic E-state index is 0. The average molecular weight is 539 g/mol. The monoisotopic (exact) mass is 537 g/mol. The van der Waals surface area contributed by atoms with Gasteiger partial charge in [0.1, 0.15) is 11.6 Å². The third-order valence-corrected chi connectivity index (χ3v) is 6.53. The Kier molecular flexibility index (Phi) is 12.6. The number of anilines is 1. The van der Waals surface area contributed by atoms with E-state index in [1.54, 1.807) is 0 Å². The van der Waals surface area contributed by atoms with Crippen molar-refractivity contribution in [1.29, 1.82) is 0 Å². The molecule has 0 bridgehead atoms. The first-order valence-corrected chi connectivity index (χ1v) is 12.0. The lowest BCUT2D eigenvalue weighted by Crippen LogP contribution is -2.49. The van der Waals surface area contributed by atoms with Gasteiger partial charge in [-0.2, -0.15) is 0 Å². The van der Waals surface area contributed by atoms with E-state index < -0.39 is 6.10 Å². The molecule has 0 amide bonds. The van der Waals surface area contributed by atoms with Crippen molar-refractivity contribution in [2.75, 3.05) is 51.1 Å². The highest BCUT2D eigenvalue weighted by Gasteiger charge is 2.21. The molecule has 1 aliphatic rings. The Bertz CT molecular complexity index is 956. The van der Waals surface area contributed by atoms with Crippen LogP contribution >= 0.6 is 24.8 Å². The van der Waals surface area contributed by atoms with Crippen molar-refractivity contribution in [2.24, 2.45) is 0 Å². The molecule has 1 heterocycles. The molecule has 4 nitrogen and oxygen atoms in total. The highest BCUT2D eigenvalue weighted by molar-refractivity contribution is 5.85. The van der Waals surface area contributed by atoms with Gasteiger partial charge in [0.05, 0.1) is 6.10 Å². The Morgan fingerprint density at radius 2 is 1.22 bits per heavy atom. The number of hydrogen-bond acceptors (Lipinski definition) is 4. The van der Waals surface area contributed by atoms with Crippen molar-refractivity contribution in [3.63, 3.8) is 0 Å². The first-order valence-electron chi connectivity index (χ1n) is 12.0. The summed E-state index contributed by atoms with van der Waals surface area (Å²) in [6.07, 6.45) is 0.453. The van der Waals surface area contributed by atoms with Crippen LogP contribution in [0.5, 0.6) is 0 Å². The Balaban J connectivity index is 0.00000228. The lowest BCUT2D eigenvalue weighted by Gasteiger charge is -2.36. The summed E-state index contributed by atoms with van der Waals surface area (Å²) in [4.78, 5) is 4.75. The minimum atomic E-state index is -0.423. The molecule has 0 radical (unpaired) electrons. The molecule has 196 valence electrons. The fraction of sp³-hybridized carbons (Fsp3) is 0.357. The lowest BCUT2D eigenvalue weighted by atomic mass is 9.88. The number of rotatable bonds is 10. The molecule has 0 aliphatic carbocycles. The van der Waals surface area contributed by atoms with E-state index in [-0.39, 0.29) is 42.4 Å². The maximum absolute atomic E-state index is 13.5. The second-order valence-corrected chi connectivity index (χ2v) is 8.99. The standard InChI is InChI=1S/C28H33F2N3O.2ClH/c29-24-10-6-22(7-11-24)28(23-8-12-25(30)13-9-23)14-15-32-16-18-33(19-17-32)21-27(34)20-31-26-4-2-1-3-5-26;;/h1-13,27-28,31,34H,14-21H2;2*1H. The Morgan fingerprint density at radius 3 is 1.75 bits per heavy atom. The van der Waals surface area contributed by atoms with Gasteiger partial charge in [-0.1, -0.05) is 42.5 Å². The molecule has 0 spiro atoms. The van der Waals surface area contributed by atoms with Crippen molar-refractivity contribution in [1.82, 2.24) is 9.80 Å². The molecule has 1 aliphatic heterocycles. The Labute approximate surface area is 225 Å². The summed E-state index contributed by atoms with van der Waals surface area (Å²) in [6.45, 7) is 5.81. The number of nitrogens with zero attached hydrogens (tertiary/aromatic N) is 2. The Morgan fingerprint density at radius 1 is 0.722 bits per heavy atom. The van der Waals surface area contributed by atoms with E-state index in [4.69, 9.17) is 0 Å². The number of aliphatic hydroxyl groups is 1. The molecule has 8 heteroatoms. The van der Waals surface area contributed by atoms with Crippen LogP contribution in [-0.2, 0) is 0 Å². The summed E-state index contributed by atoms with van der Waals surface area (Å²) in [7, 11) is 0. The fourth-order valence-corrected chi connectivity index (χ4v) is 4.58. The van der Waals surface area contributed by atoms with Crippen LogP contribution in [-0.4, -0.2) is 66.8 Å². The number of para-hydroxylation sites is 1. The van der Waals surface area contributed by atoms with Gasteiger partial charge >= 0.3 is 0 Å². The predicted molar refractivity (Wildman–Crippen MR) is 148 cm³/mol. The number of piperazine rings is 1. The van der Waals surface area contributed by atoms with E-state index in [0.717, 1.165) is 56.0 Å². The van der Waals surface area contributed by atoms with Crippen LogP contribution in [0, 0.1) is 11.6 Å². The fourth-order valence-electron chi connectivity index (χ4n) is 4.58. The van der Waals surface area contributed by atoms with E-state index in [9.17, 15) is 13.9 Å². The molecule has 1 saturated heterocycles. The van der Waals surface area contributed by atoms with Gasteiger partial charge < -0.3 is 15.3 Å². The van der Waals surface area contributed by atoms with Crippen molar-refractivity contribution in [3.05, 3.63) is 102 Å². The normalized spacial score (nSPS) is 15.1. The SMILES string of the molecule is Cl.Cl.OC(CNc1ccccc1)CN1CCN(CCC(c2ccc(F)cc2)c2ccc(F)cc2)CC1. The molecule has 2 N–H and O–H groups in total. The first-order chi connectivity index (χ1) is 16.6. The largest absolute Gasteiger partial charge is 0.390 e. The van der Waals surface area contributed by atoms with Crippen LogP contribution < -0.4 is 5.32 Å². The van der Waals surface area contributed by atoms with Gasteiger partial charge in [-0.3, -0.25) is 4.90 Å². The summed E-state index contributed by atoms with van der Waals surface area (Å²) in [6, 6.07) is 23.2. The van der Waals surface area contributed by atoms with Gasteiger partial charge in [-0.25, -0.2) is 8.78 Å². The maximum Gasteiger partial charge on any atom is 0.123 e. The van der Waals surface area contributed by atoms with Crippen molar-refractivity contribution in [3.8, 4) is 0 Å². The number of hydrogen-bond donors (Lipinski definition) is 2. The van der Waals surface area contributed by atoms with Crippen LogP contribution in [0.3, 0.4) is 0 Å². The summed E-state index contributed by atoms with van der Waals surface area (Å²) in [5.74, 6) is -0.414. The number of aliphatic hydroxyl groups excluding tert-OH is 1. The topological polar surface area (TPSA) is 38.7 Å². The number of nitrogens with one attached hydrogen (secondary N) is 1. The van der Waals surface area contributed by atoms with Gasteiger partial charge in [0, 0.05) is 50.9 Å². The van der Waals surface area contributed by atoms with Gasteiger partial charge in [0.25, 0.3) is 0 Å². The van der Waals surface area contributed by atoms with Crippen molar-refractivity contribution >= 4 is 30.5 Å². The van der Waals surface area contributed by atoms with E-state index in [1.165, 1.54) is 24.3 Å². The highest BCUT2D eigenvalue weighted by atomic mass is 35.5. The third kappa shape index (κ3) is 9.02. The molecule has 36 heavy (non-hydrogen) atoms. The molecule has 1 unspecified atom stereocenters. The number of β-amino-alcohol motifs (C(OH)–C–C–N with tert-alkyl or cyclic N) is 1. The summed E-state index contributed by atoms with van der Waals surface area (Å²) >= 11 is 0. The maximum atomic E-state index is 13.5. The van der Waals surface area contributed by atoms with Gasteiger partial charge in [-0.05, 0) is 60.5 Å². The number of benzene rings is 3. The minimum Gasteiger partial charge on any atom is -0.390 e.